The Labute approximate surface area is 128 Å². The Hall–Kier alpha value is -2.75. The van der Waals surface area contributed by atoms with Gasteiger partial charge in [0.2, 0.25) is 5.88 Å². The quantitative estimate of drug-likeness (QED) is 0.728. The maximum atomic E-state index is 12.9. The van der Waals surface area contributed by atoms with Crippen LogP contribution in [0, 0.1) is 0 Å². The summed E-state index contributed by atoms with van der Waals surface area (Å²) in [6.45, 7) is 2.38. The van der Waals surface area contributed by atoms with E-state index in [1.54, 1.807) is 19.2 Å². The zero-order chi connectivity index (χ0) is 15.5. The highest BCUT2D eigenvalue weighted by Gasteiger charge is 2.21. The second-order valence-corrected chi connectivity index (χ2v) is 4.87. The monoisotopic (exact) mass is 295 g/mol. The van der Waals surface area contributed by atoms with Crippen molar-refractivity contribution in [2.75, 3.05) is 13.7 Å². The van der Waals surface area contributed by atoms with Crippen LogP contribution in [0.5, 0.6) is 11.6 Å². The predicted molar refractivity (Wildman–Crippen MR) is 85.9 cm³/mol. The molecule has 3 aromatic rings. The standard InChI is InChI=1S/C18H17NO3/c1-3-22-18-16(17(20)12-7-5-4-6-8-12)14-11-13(21-2)9-10-15(14)19-18/h4-11,19H,3H2,1-2H3. The molecule has 0 saturated carbocycles. The minimum absolute atomic E-state index is 0.0662. The van der Waals surface area contributed by atoms with Crippen LogP contribution in [-0.4, -0.2) is 24.5 Å². The van der Waals surface area contributed by atoms with Crippen molar-refractivity contribution in [3.8, 4) is 11.6 Å². The summed E-state index contributed by atoms with van der Waals surface area (Å²) in [6, 6.07) is 14.8. The molecule has 0 fully saturated rings. The normalized spacial score (nSPS) is 10.6. The predicted octanol–water partition coefficient (Wildman–Crippen LogP) is 3.81. The number of ether oxygens (including phenoxy) is 2. The summed E-state index contributed by atoms with van der Waals surface area (Å²) >= 11 is 0. The van der Waals surface area contributed by atoms with Crippen molar-refractivity contribution >= 4 is 16.7 Å². The number of benzene rings is 2. The number of ketones is 1. The van der Waals surface area contributed by atoms with Gasteiger partial charge in [-0.1, -0.05) is 30.3 Å². The maximum absolute atomic E-state index is 12.9. The number of methoxy groups -OCH3 is 1. The molecular formula is C18H17NO3. The van der Waals surface area contributed by atoms with E-state index < -0.39 is 0 Å². The van der Waals surface area contributed by atoms with Crippen molar-refractivity contribution in [2.45, 2.75) is 6.92 Å². The molecule has 0 unspecified atom stereocenters. The lowest BCUT2D eigenvalue weighted by molar-refractivity contribution is 0.103. The molecule has 0 aliphatic heterocycles. The Balaban J connectivity index is 2.20. The maximum Gasteiger partial charge on any atom is 0.203 e. The lowest BCUT2D eigenvalue weighted by Gasteiger charge is -2.05. The summed E-state index contributed by atoms with van der Waals surface area (Å²) in [5.41, 5.74) is 2.03. The molecule has 112 valence electrons. The van der Waals surface area contributed by atoms with Crippen molar-refractivity contribution in [1.82, 2.24) is 4.98 Å². The largest absolute Gasteiger partial charge is 0.497 e. The number of aromatic amines is 1. The molecular weight excluding hydrogens is 278 g/mol. The van der Waals surface area contributed by atoms with Crippen LogP contribution in [0.2, 0.25) is 0 Å². The van der Waals surface area contributed by atoms with E-state index in [2.05, 4.69) is 4.98 Å². The molecule has 1 aromatic heterocycles. The molecule has 1 heterocycles. The highest BCUT2D eigenvalue weighted by Crippen LogP contribution is 2.32. The van der Waals surface area contributed by atoms with E-state index >= 15 is 0 Å². The first-order valence-corrected chi connectivity index (χ1v) is 7.17. The summed E-state index contributed by atoms with van der Waals surface area (Å²) in [5.74, 6) is 1.14. The van der Waals surface area contributed by atoms with Gasteiger partial charge in [0, 0.05) is 16.5 Å². The average molecular weight is 295 g/mol. The van der Waals surface area contributed by atoms with E-state index in [9.17, 15) is 4.79 Å². The van der Waals surface area contributed by atoms with Crippen LogP contribution in [0.15, 0.2) is 48.5 Å². The van der Waals surface area contributed by atoms with Gasteiger partial charge >= 0.3 is 0 Å². The molecule has 22 heavy (non-hydrogen) atoms. The fourth-order valence-electron chi connectivity index (χ4n) is 2.49. The molecule has 0 radical (unpaired) electrons. The highest BCUT2D eigenvalue weighted by molar-refractivity contribution is 6.18. The molecule has 0 atom stereocenters. The Morgan fingerprint density at radius 1 is 1.14 bits per heavy atom. The van der Waals surface area contributed by atoms with Crippen molar-refractivity contribution in [2.24, 2.45) is 0 Å². The van der Waals surface area contributed by atoms with E-state index in [0.29, 0.717) is 29.4 Å². The summed E-state index contributed by atoms with van der Waals surface area (Å²) in [7, 11) is 1.61. The topological polar surface area (TPSA) is 51.3 Å². The van der Waals surface area contributed by atoms with Gasteiger partial charge in [-0.05, 0) is 25.1 Å². The minimum Gasteiger partial charge on any atom is -0.497 e. The summed E-state index contributed by atoms with van der Waals surface area (Å²) < 4.78 is 10.9. The first-order valence-electron chi connectivity index (χ1n) is 7.17. The van der Waals surface area contributed by atoms with E-state index in [-0.39, 0.29) is 5.78 Å². The number of carbonyl (C=O) groups is 1. The lowest BCUT2D eigenvalue weighted by Crippen LogP contribution is -2.04. The Bertz CT molecular complexity index is 806. The van der Waals surface area contributed by atoms with Gasteiger partial charge in [-0.25, -0.2) is 0 Å². The Morgan fingerprint density at radius 2 is 1.91 bits per heavy atom. The van der Waals surface area contributed by atoms with Crippen LogP contribution in [0.3, 0.4) is 0 Å². The van der Waals surface area contributed by atoms with Gasteiger partial charge in [-0.2, -0.15) is 0 Å². The van der Waals surface area contributed by atoms with E-state index in [1.807, 2.05) is 43.3 Å². The molecule has 0 saturated heterocycles. The van der Waals surface area contributed by atoms with Gasteiger partial charge in [-0.3, -0.25) is 4.79 Å². The second kappa shape index (κ2) is 5.93. The van der Waals surface area contributed by atoms with E-state index in [4.69, 9.17) is 9.47 Å². The van der Waals surface area contributed by atoms with Crippen molar-refractivity contribution < 1.29 is 14.3 Å². The van der Waals surface area contributed by atoms with Crippen LogP contribution in [-0.2, 0) is 0 Å². The van der Waals surface area contributed by atoms with Gasteiger partial charge in [0.1, 0.15) is 5.75 Å². The van der Waals surface area contributed by atoms with Gasteiger partial charge in [0.25, 0.3) is 0 Å². The second-order valence-electron chi connectivity index (χ2n) is 4.87. The summed E-state index contributed by atoms with van der Waals surface area (Å²) in [4.78, 5) is 16.0. The number of hydrogen-bond acceptors (Lipinski definition) is 3. The van der Waals surface area contributed by atoms with Crippen LogP contribution < -0.4 is 9.47 Å². The third-order valence-electron chi connectivity index (χ3n) is 3.52. The third-order valence-corrected chi connectivity index (χ3v) is 3.52. The highest BCUT2D eigenvalue weighted by atomic mass is 16.5. The number of carbonyl (C=O) groups excluding carboxylic acids is 1. The van der Waals surface area contributed by atoms with Crippen LogP contribution in [0.4, 0.5) is 0 Å². The van der Waals surface area contributed by atoms with Crippen molar-refractivity contribution in [3.63, 3.8) is 0 Å². The van der Waals surface area contributed by atoms with Gasteiger partial charge < -0.3 is 14.5 Å². The first kappa shape index (κ1) is 14.2. The number of fused-ring (bicyclic) bond motifs is 1. The smallest absolute Gasteiger partial charge is 0.203 e. The molecule has 0 spiro atoms. The first-order chi connectivity index (χ1) is 10.7. The molecule has 0 aliphatic rings. The molecule has 0 amide bonds. The number of nitrogens with one attached hydrogen (secondary N) is 1. The molecule has 0 aliphatic carbocycles. The fourth-order valence-corrected chi connectivity index (χ4v) is 2.49. The molecule has 3 rings (SSSR count). The Morgan fingerprint density at radius 3 is 2.59 bits per heavy atom. The SMILES string of the molecule is CCOc1[nH]c2ccc(OC)cc2c1C(=O)c1ccccc1. The van der Waals surface area contributed by atoms with E-state index in [0.717, 1.165) is 10.9 Å². The Kier molecular flexibility index (Phi) is 3.83. The number of hydrogen-bond donors (Lipinski definition) is 1. The molecule has 0 bridgehead atoms. The van der Waals surface area contributed by atoms with Gasteiger partial charge in [0.05, 0.1) is 19.3 Å². The molecule has 4 heteroatoms. The van der Waals surface area contributed by atoms with Crippen LogP contribution in [0.25, 0.3) is 10.9 Å². The zero-order valence-corrected chi connectivity index (χ0v) is 12.6. The average Bonchev–Trinajstić information content (AvgIpc) is 2.92. The lowest BCUT2D eigenvalue weighted by atomic mass is 10.0. The molecule has 2 aromatic carbocycles. The van der Waals surface area contributed by atoms with Crippen molar-refractivity contribution in [3.05, 3.63) is 59.7 Å². The van der Waals surface area contributed by atoms with Crippen molar-refractivity contribution in [1.29, 1.82) is 0 Å². The minimum atomic E-state index is -0.0662. The van der Waals surface area contributed by atoms with Crippen LogP contribution in [0.1, 0.15) is 22.8 Å². The summed E-state index contributed by atoms with van der Waals surface area (Å²) in [6.07, 6.45) is 0. The number of rotatable bonds is 5. The molecule has 4 nitrogen and oxygen atoms in total. The number of H-pyrrole nitrogens is 1. The van der Waals surface area contributed by atoms with Crippen LogP contribution >= 0.6 is 0 Å². The van der Waals surface area contributed by atoms with Gasteiger partial charge in [-0.15, -0.1) is 0 Å². The molecule has 1 N–H and O–H groups in total. The third kappa shape index (κ3) is 2.44. The summed E-state index contributed by atoms with van der Waals surface area (Å²) in [5, 5.41) is 0.802. The van der Waals surface area contributed by atoms with Gasteiger partial charge in [0.15, 0.2) is 5.78 Å². The zero-order valence-electron chi connectivity index (χ0n) is 12.6. The van der Waals surface area contributed by atoms with E-state index in [1.165, 1.54) is 0 Å². The fraction of sp³-hybridized carbons (Fsp3) is 0.167. The number of aromatic nitrogens is 1.